The molecule has 0 saturated heterocycles. The summed E-state index contributed by atoms with van der Waals surface area (Å²) >= 11 is 0. The van der Waals surface area contributed by atoms with Gasteiger partial charge >= 0.3 is 0 Å². The van der Waals surface area contributed by atoms with Gasteiger partial charge in [0.25, 0.3) is 6.43 Å². The van der Waals surface area contributed by atoms with Crippen molar-refractivity contribution >= 4 is 11.4 Å². The number of nitrogens with zero attached hydrogens (tertiary/aromatic N) is 2. The smallest absolute Gasteiger partial charge is 0.203 e. The van der Waals surface area contributed by atoms with Gasteiger partial charge in [0.15, 0.2) is 11.4 Å². The van der Waals surface area contributed by atoms with Crippen LogP contribution in [0.2, 0.25) is 0 Å². The van der Waals surface area contributed by atoms with Gasteiger partial charge < -0.3 is 0 Å². The molecule has 1 aliphatic carbocycles. The fraction of sp³-hybridized carbons (Fsp3) is 0.471. The second-order valence-corrected chi connectivity index (χ2v) is 6.90. The largest absolute Gasteiger partial charge is 0.285 e. The van der Waals surface area contributed by atoms with Gasteiger partial charge in [-0.05, 0) is 23.3 Å². The average Bonchev–Trinajstić information content (AvgIpc) is 2.90. The Balaban J connectivity index is 2.15. The van der Waals surface area contributed by atoms with Crippen LogP contribution in [0, 0.1) is 0 Å². The number of halogens is 2. The van der Waals surface area contributed by atoms with E-state index in [1.165, 1.54) is 17.2 Å². The standard InChI is InChI=1S/C17H21F2N2/c1-11-10-17(2,3)12-6-5-7-14(15(11)12)21(4)9-8-13(20-21)16(18)19/h5-9,11,16H,10H2,1-4H3/q+1. The molecule has 2 atom stereocenters. The molecule has 0 N–H and O–H groups in total. The molecule has 0 fully saturated rings. The minimum Gasteiger partial charge on any atom is -0.203 e. The van der Waals surface area contributed by atoms with Crippen molar-refractivity contribution in [3.63, 3.8) is 0 Å². The van der Waals surface area contributed by atoms with Crippen molar-refractivity contribution in [2.75, 3.05) is 7.05 Å². The Morgan fingerprint density at radius 2 is 2.05 bits per heavy atom. The summed E-state index contributed by atoms with van der Waals surface area (Å²) in [4.78, 5) is 0. The Morgan fingerprint density at radius 3 is 2.67 bits per heavy atom. The van der Waals surface area contributed by atoms with Gasteiger partial charge in [-0.15, -0.1) is 4.59 Å². The van der Waals surface area contributed by atoms with Crippen LogP contribution in [0.4, 0.5) is 14.5 Å². The molecule has 1 aliphatic heterocycles. The van der Waals surface area contributed by atoms with Gasteiger partial charge in [-0.3, -0.25) is 0 Å². The second-order valence-electron chi connectivity index (χ2n) is 6.90. The third-order valence-electron chi connectivity index (χ3n) is 4.69. The van der Waals surface area contributed by atoms with Crippen molar-refractivity contribution in [3.8, 4) is 0 Å². The molecule has 3 rings (SSSR count). The SMILES string of the molecule is CC1CC(C)(C)c2cccc([N+]3(C)C=CC(C(F)F)=N3)c21. The topological polar surface area (TPSA) is 12.4 Å². The van der Waals surface area contributed by atoms with Crippen molar-refractivity contribution in [1.29, 1.82) is 0 Å². The van der Waals surface area contributed by atoms with Crippen molar-refractivity contribution in [2.45, 2.75) is 45.0 Å². The minimum absolute atomic E-state index is 0.0866. The van der Waals surface area contributed by atoms with E-state index in [4.69, 9.17) is 0 Å². The van der Waals surface area contributed by atoms with Crippen LogP contribution in [0.25, 0.3) is 0 Å². The van der Waals surface area contributed by atoms with E-state index in [1.54, 1.807) is 6.20 Å². The first-order chi connectivity index (χ1) is 9.74. The van der Waals surface area contributed by atoms with Crippen LogP contribution in [-0.2, 0) is 5.41 Å². The number of alkyl halides is 2. The normalized spacial score (nSPS) is 29.9. The van der Waals surface area contributed by atoms with Crippen LogP contribution < -0.4 is 4.59 Å². The maximum absolute atomic E-state index is 12.9. The monoisotopic (exact) mass is 291 g/mol. The van der Waals surface area contributed by atoms with E-state index in [9.17, 15) is 8.78 Å². The zero-order valence-electron chi connectivity index (χ0n) is 12.9. The number of benzene rings is 1. The molecule has 0 amide bonds. The molecule has 4 heteroatoms. The molecule has 2 aliphatic rings. The van der Waals surface area contributed by atoms with Gasteiger partial charge in [-0.2, -0.15) is 0 Å². The lowest BCUT2D eigenvalue weighted by Crippen LogP contribution is -2.32. The molecule has 0 spiro atoms. The third kappa shape index (κ3) is 2.13. The Kier molecular flexibility index (Phi) is 3.06. The van der Waals surface area contributed by atoms with E-state index in [2.05, 4.69) is 31.9 Å². The van der Waals surface area contributed by atoms with Gasteiger partial charge in [0, 0.05) is 17.7 Å². The van der Waals surface area contributed by atoms with Crippen molar-refractivity contribution in [3.05, 3.63) is 41.6 Å². The molecule has 1 aromatic carbocycles. The van der Waals surface area contributed by atoms with Crippen LogP contribution in [0.1, 0.15) is 44.2 Å². The predicted octanol–water partition coefficient (Wildman–Crippen LogP) is 4.56. The van der Waals surface area contributed by atoms with Crippen molar-refractivity contribution in [2.24, 2.45) is 5.10 Å². The summed E-state index contributed by atoms with van der Waals surface area (Å²) < 4.78 is 25.8. The van der Waals surface area contributed by atoms with Gasteiger partial charge in [0.1, 0.15) is 13.2 Å². The molecule has 0 aromatic heterocycles. The number of hydrogen-bond acceptors (Lipinski definition) is 1. The lowest BCUT2D eigenvalue weighted by atomic mass is 9.86. The molecule has 112 valence electrons. The van der Waals surface area contributed by atoms with E-state index in [1.807, 2.05) is 19.2 Å². The van der Waals surface area contributed by atoms with Crippen LogP contribution in [0.15, 0.2) is 35.6 Å². The average molecular weight is 291 g/mol. The first-order valence-corrected chi connectivity index (χ1v) is 7.32. The summed E-state index contributed by atoms with van der Waals surface area (Å²) in [5.74, 6) is 0.417. The lowest BCUT2D eigenvalue weighted by Gasteiger charge is -2.24. The first kappa shape index (κ1) is 14.4. The number of quaternary nitrogens is 1. The quantitative estimate of drug-likeness (QED) is 0.708. The molecule has 1 heterocycles. The van der Waals surface area contributed by atoms with Gasteiger partial charge in [0.05, 0.1) is 0 Å². The Bertz CT molecular complexity index is 646. The number of hydrogen-bond donors (Lipinski definition) is 0. The van der Waals surface area contributed by atoms with Crippen LogP contribution >= 0.6 is 0 Å². The summed E-state index contributed by atoms with van der Waals surface area (Å²) in [6.07, 6.45) is 1.74. The fourth-order valence-electron chi connectivity index (χ4n) is 3.81. The summed E-state index contributed by atoms with van der Waals surface area (Å²) in [6, 6.07) is 6.19. The molecule has 0 radical (unpaired) electrons. The molecule has 21 heavy (non-hydrogen) atoms. The van der Waals surface area contributed by atoms with Gasteiger partial charge in [-0.25, -0.2) is 8.78 Å². The summed E-state index contributed by atoms with van der Waals surface area (Å²) in [5.41, 5.74) is 3.59. The van der Waals surface area contributed by atoms with E-state index >= 15 is 0 Å². The Hall–Kier alpha value is -1.55. The highest BCUT2D eigenvalue weighted by Crippen LogP contribution is 2.50. The van der Waals surface area contributed by atoms with E-state index in [0.717, 1.165) is 12.1 Å². The van der Waals surface area contributed by atoms with E-state index in [0.29, 0.717) is 5.92 Å². The molecular formula is C17H21F2N2+. The molecule has 0 bridgehead atoms. The molecule has 1 aromatic rings. The summed E-state index contributed by atoms with van der Waals surface area (Å²) in [7, 11) is 1.86. The maximum atomic E-state index is 12.9. The van der Waals surface area contributed by atoms with Gasteiger partial charge in [0.2, 0.25) is 0 Å². The molecule has 2 nitrogen and oxygen atoms in total. The zero-order valence-corrected chi connectivity index (χ0v) is 12.9. The van der Waals surface area contributed by atoms with E-state index < -0.39 is 6.43 Å². The number of rotatable bonds is 2. The number of fused-ring (bicyclic) bond motifs is 1. The molecular weight excluding hydrogens is 270 g/mol. The molecule has 2 unspecified atom stereocenters. The lowest BCUT2D eigenvalue weighted by molar-refractivity contribution is 0.225. The van der Waals surface area contributed by atoms with Crippen LogP contribution in [-0.4, -0.2) is 19.2 Å². The van der Waals surface area contributed by atoms with Gasteiger partial charge in [-0.1, -0.05) is 38.0 Å². The highest BCUT2D eigenvalue weighted by molar-refractivity contribution is 5.99. The first-order valence-electron chi connectivity index (χ1n) is 7.32. The van der Waals surface area contributed by atoms with Crippen LogP contribution in [0.5, 0.6) is 0 Å². The zero-order chi connectivity index (χ0) is 15.4. The predicted molar refractivity (Wildman–Crippen MR) is 82.8 cm³/mol. The minimum atomic E-state index is -2.52. The summed E-state index contributed by atoms with van der Waals surface area (Å²) in [5, 5.41) is 4.24. The third-order valence-corrected chi connectivity index (χ3v) is 4.69. The second kappa shape index (κ2) is 4.47. The highest BCUT2D eigenvalue weighted by atomic mass is 19.3. The maximum Gasteiger partial charge on any atom is 0.285 e. The van der Waals surface area contributed by atoms with Crippen LogP contribution in [0.3, 0.4) is 0 Å². The highest BCUT2D eigenvalue weighted by Gasteiger charge is 2.42. The number of allylic oxidation sites excluding steroid dienone is 1. The Labute approximate surface area is 124 Å². The van der Waals surface area contributed by atoms with Crippen molar-refractivity contribution in [1.82, 2.24) is 4.59 Å². The Morgan fingerprint density at radius 1 is 1.33 bits per heavy atom. The fourth-order valence-corrected chi connectivity index (χ4v) is 3.81. The summed E-state index contributed by atoms with van der Waals surface area (Å²) in [6.45, 7) is 6.69. The molecule has 0 saturated carbocycles. The van der Waals surface area contributed by atoms with E-state index in [-0.39, 0.29) is 15.7 Å². The van der Waals surface area contributed by atoms with Crippen molar-refractivity contribution < 1.29 is 8.78 Å².